The first kappa shape index (κ1) is 16.6. The van der Waals surface area contributed by atoms with Crippen molar-refractivity contribution in [2.75, 3.05) is 7.11 Å². The van der Waals surface area contributed by atoms with Crippen LogP contribution in [0.1, 0.15) is 43.2 Å². The first-order chi connectivity index (χ1) is 12.2. The summed E-state index contributed by atoms with van der Waals surface area (Å²) in [7, 11) is 1.68. The Bertz CT molecular complexity index is 701. The molecule has 1 N–H and O–H groups in total. The van der Waals surface area contributed by atoms with Gasteiger partial charge in [-0.25, -0.2) is 0 Å². The minimum Gasteiger partial charge on any atom is -0.497 e. The van der Waals surface area contributed by atoms with Crippen molar-refractivity contribution in [2.45, 2.75) is 56.3 Å². The fourth-order valence-corrected chi connectivity index (χ4v) is 4.72. The maximum absolute atomic E-state index is 11.5. The van der Waals surface area contributed by atoms with E-state index >= 15 is 0 Å². The van der Waals surface area contributed by atoms with Gasteiger partial charge in [-0.05, 0) is 48.9 Å². The van der Waals surface area contributed by atoms with E-state index < -0.39 is 5.60 Å². The summed E-state index contributed by atoms with van der Waals surface area (Å²) in [5, 5.41) is 11.5. The molecular weight excluding hydrogens is 310 g/mol. The minimum absolute atomic E-state index is 0.448. The summed E-state index contributed by atoms with van der Waals surface area (Å²) in [5.74, 6) is 0.822. The molecule has 0 spiro atoms. The smallest absolute Gasteiger partial charge is 0.119 e. The lowest BCUT2D eigenvalue weighted by Gasteiger charge is -2.52. The second kappa shape index (κ2) is 6.81. The molecule has 2 aromatic carbocycles. The third-order valence-corrected chi connectivity index (χ3v) is 5.97. The van der Waals surface area contributed by atoms with Gasteiger partial charge >= 0.3 is 0 Å². The number of piperidine rings is 2. The lowest BCUT2D eigenvalue weighted by Crippen LogP contribution is -2.56. The summed E-state index contributed by atoms with van der Waals surface area (Å²) < 4.78 is 5.36. The molecule has 2 aliphatic heterocycles. The van der Waals surface area contributed by atoms with Gasteiger partial charge in [-0.1, -0.05) is 48.9 Å². The second-order valence-electron chi connectivity index (χ2n) is 7.57. The molecule has 2 aromatic rings. The Kier molecular flexibility index (Phi) is 4.53. The lowest BCUT2D eigenvalue weighted by atomic mass is 9.72. The third-order valence-electron chi connectivity index (χ3n) is 5.97. The van der Waals surface area contributed by atoms with Crippen molar-refractivity contribution in [1.82, 2.24) is 4.90 Å². The van der Waals surface area contributed by atoms with Gasteiger partial charge in [0.1, 0.15) is 5.75 Å². The van der Waals surface area contributed by atoms with Crippen LogP contribution in [-0.4, -0.2) is 29.2 Å². The van der Waals surface area contributed by atoms with E-state index in [0.29, 0.717) is 12.1 Å². The second-order valence-corrected chi connectivity index (χ2v) is 7.57. The molecule has 25 heavy (non-hydrogen) atoms. The highest BCUT2D eigenvalue weighted by Gasteiger charge is 2.46. The van der Waals surface area contributed by atoms with Gasteiger partial charge < -0.3 is 9.84 Å². The van der Waals surface area contributed by atoms with Gasteiger partial charge in [-0.3, -0.25) is 4.90 Å². The van der Waals surface area contributed by atoms with E-state index in [9.17, 15) is 5.11 Å². The van der Waals surface area contributed by atoms with Crippen LogP contribution < -0.4 is 4.74 Å². The number of aliphatic hydroxyl groups is 1. The number of hydrogen-bond acceptors (Lipinski definition) is 3. The fourth-order valence-electron chi connectivity index (χ4n) is 4.72. The van der Waals surface area contributed by atoms with Gasteiger partial charge in [-0.2, -0.15) is 0 Å². The summed E-state index contributed by atoms with van der Waals surface area (Å²) in [6, 6.07) is 19.6. The normalized spacial score (nSPS) is 29.4. The summed E-state index contributed by atoms with van der Waals surface area (Å²) >= 11 is 0. The molecule has 0 radical (unpaired) electrons. The number of ether oxygens (including phenoxy) is 1. The van der Waals surface area contributed by atoms with Crippen molar-refractivity contribution < 1.29 is 9.84 Å². The highest BCUT2D eigenvalue weighted by Crippen LogP contribution is 2.45. The summed E-state index contributed by atoms with van der Waals surface area (Å²) in [6.07, 6.45) is 5.24. The van der Waals surface area contributed by atoms with Crippen molar-refractivity contribution in [3.8, 4) is 5.75 Å². The molecule has 2 unspecified atom stereocenters. The van der Waals surface area contributed by atoms with Crippen molar-refractivity contribution in [1.29, 1.82) is 0 Å². The number of benzene rings is 2. The van der Waals surface area contributed by atoms with Gasteiger partial charge in [-0.15, -0.1) is 0 Å². The molecule has 4 rings (SSSR count). The van der Waals surface area contributed by atoms with Crippen LogP contribution in [0.4, 0.5) is 0 Å². The Balaban J connectivity index is 1.58. The van der Waals surface area contributed by atoms with E-state index in [1.165, 1.54) is 24.8 Å². The van der Waals surface area contributed by atoms with Crippen LogP contribution in [0.2, 0.25) is 0 Å². The maximum Gasteiger partial charge on any atom is 0.119 e. The first-order valence-electron chi connectivity index (χ1n) is 9.34. The Labute approximate surface area is 150 Å². The topological polar surface area (TPSA) is 32.7 Å². The number of fused-ring (bicyclic) bond motifs is 2. The molecule has 2 atom stereocenters. The highest BCUT2D eigenvalue weighted by molar-refractivity contribution is 5.33. The average Bonchev–Trinajstić information content (AvgIpc) is 2.64. The standard InChI is InChI=1S/C22H27NO2/c1-25-21-12-5-9-18(13-21)22(24)14-19-10-6-11-20(15-22)23(19)16-17-7-3-2-4-8-17/h2-5,7-9,12-13,19-20,24H,6,10-11,14-16H2,1H3. The molecule has 3 heteroatoms. The van der Waals surface area contributed by atoms with Crippen LogP contribution in [0.25, 0.3) is 0 Å². The largest absolute Gasteiger partial charge is 0.497 e. The van der Waals surface area contributed by atoms with E-state index in [-0.39, 0.29) is 0 Å². The zero-order valence-electron chi connectivity index (χ0n) is 14.9. The average molecular weight is 337 g/mol. The van der Waals surface area contributed by atoms with Crippen molar-refractivity contribution in [3.05, 3.63) is 65.7 Å². The van der Waals surface area contributed by atoms with Crippen molar-refractivity contribution in [3.63, 3.8) is 0 Å². The Hall–Kier alpha value is -1.84. The summed E-state index contributed by atoms with van der Waals surface area (Å²) in [5.41, 5.74) is 1.63. The number of rotatable bonds is 4. The Morgan fingerprint density at radius 3 is 2.44 bits per heavy atom. The zero-order chi connectivity index (χ0) is 17.3. The molecule has 0 aliphatic carbocycles. The number of hydrogen-bond donors (Lipinski definition) is 1. The van der Waals surface area contributed by atoms with Crippen molar-refractivity contribution >= 4 is 0 Å². The van der Waals surface area contributed by atoms with Gasteiger partial charge in [0.05, 0.1) is 12.7 Å². The summed E-state index contributed by atoms with van der Waals surface area (Å²) in [4.78, 5) is 2.63. The zero-order valence-corrected chi connectivity index (χ0v) is 14.9. The van der Waals surface area contributed by atoms with Crippen LogP contribution in [0.5, 0.6) is 5.75 Å². The molecule has 132 valence electrons. The van der Waals surface area contributed by atoms with Crippen LogP contribution in [0.3, 0.4) is 0 Å². The van der Waals surface area contributed by atoms with Crippen LogP contribution in [0.15, 0.2) is 54.6 Å². The van der Waals surface area contributed by atoms with Crippen LogP contribution in [0, 0.1) is 0 Å². The molecule has 0 saturated carbocycles. The van der Waals surface area contributed by atoms with Gasteiger partial charge in [0.25, 0.3) is 0 Å². The first-order valence-corrected chi connectivity index (χ1v) is 9.34. The number of methoxy groups -OCH3 is 1. The predicted molar refractivity (Wildman–Crippen MR) is 99.5 cm³/mol. The Morgan fingerprint density at radius 2 is 1.76 bits per heavy atom. The van der Waals surface area contributed by atoms with Crippen LogP contribution in [-0.2, 0) is 12.1 Å². The number of nitrogens with zero attached hydrogens (tertiary/aromatic N) is 1. The van der Waals surface area contributed by atoms with Gasteiger partial charge in [0, 0.05) is 18.6 Å². The maximum atomic E-state index is 11.5. The van der Waals surface area contributed by atoms with E-state index in [0.717, 1.165) is 30.7 Å². The van der Waals surface area contributed by atoms with E-state index in [2.05, 4.69) is 35.2 Å². The molecular formula is C22H27NO2. The summed E-state index contributed by atoms with van der Waals surface area (Å²) in [6.45, 7) is 0.990. The quantitative estimate of drug-likeness (QED) is 0.912. The monoisotopic (exact) mass is 337 g/mol. The molecule has 2 saturated heterocycles. The Morgan fingerprint density at radius 1 is 1.04 bits per heavy atom. The third kappa shape index (κ3) is 3.31. The molecule has 2 bridgehead atoms. The molecule has 0 aromatic heterocycles. The van der Waals surface area contributed by atoms with E-state index in [4.69, 9.17) is 4.74 Å². The predicted octanol–water partition coefficient (Wildman–Crippen LogP) is 4.10. The van der Waals surface area contributed by atoms with Gasteiger partial charge in [0.2, 0.25) is 0 Å². The molecule has 0 amide bonds. The minimum atomic E-state index is -0.739. The van der Waals surface area contributed by atoms with E-state index in [1.54, 1.807) is 7.11 Å². The molecule has 2 fully saturated rings. The van der Waals surface area contributed by atoms with Crippen LogP contribution >= 0.6 is 0 Å². The lowest BCUT2D eigenvalue weighted by molar-refractivity contribution is -0.0999. The molecule has 2 aliphatic rings. The van der Waals surface area contributed by atoms with Crippen molar-refractivity contribution in [2.24, 2.45) is 0 Å². The fraction of sp³-hybridized carbons (Fsp3) is 0.455. The SMILES string of the molecule is COc1cccc(C2(O)CC3CCCC(C2)N3Cc2ccccc2)c1. The molecule has 3 nitrogen and oxygen atoms in total. The molecule has 2 heterocycles. The van der Waals surface area contributed by atoms with E-state index in [1.807, 2.05) is 24.3 Å². The van der Waals surface area contributed by atoms with Gasteiger partial charge in [0.15, 0.2) is 0 Å². The highest BCUT2D eigenvalue weighted by atomic mass is 16.5.